The van der Waals surface area contributed by atoms with Crippen LogP contribution in [0.15, 0.2) is 59.3 Å². The van der Waals surface area contributed by atoms with E-state index in [4.69, 9.17) is 32.7 Å². The zero-order valence-electron chi connectivity index (χ0n) is 22.7. The lowest BCUT2D eigenvalue weighted by Gasteiger charge is -2.40. The number of rotatable bonds is 8. The molecule has 0 spiro atoms. The Balaban J connectivity index is 1.25. The number of anilines is 1. The Morgan fingerprint density at radius 1 is 1.24 bits per heavy atom. The van der Waals surface area contributed by atoms with Crippen LogP contribution in [0.3, 0.4) is 0 Å². The van der Waals surface area contributed by atoms with Crippen molar-refractivity contribution >= 4 is 50.7 Å². The average Bonchev–Trinajstić information content (AvgIpc) is 3.26. The first-order valence-electron chi connectivity index (χ1n) is 12.6. The van der Waals surface area contributed by atoms with Crippen molar-refractivity contribution < 1.29 is 31.9 Å². The number of aromatic nitrogens is 2. The number of nitrogens with one attached hydrogen (secondary N) is 2. The quantitative estimate of drug-likeness (QED) is 0.386. The van der Waals surface area contributed by atoms with Gasteiger partial charge in [-0.25, -0.2) is 12.8 Å². The molecular formula is C27H26Cl2FN5O6S. The highest BCUT2D eigenvalue weighted by Gasteiger charge is 2.42. The molecule has 2 atom stereocenters. The second-order valence-corrected chi connectivity index (χ2v) is 12.8. The van der Waals surface area contributed by atoms with Gasteiger partial charge in [-0.3, -0.25) is 18.6 Å². The molecule has 42 heavy (non-hydrogen) atoms. The molecule has 0 bridgehead atoms. The highest BCUT2D eigenvalue weighted by atomic mass is 35.5. The third-order valence-electron chi connectivity index (χ3n) is 6.64. The molecule has 2 aliphatic rings. The van der Waals surface area contributed by atoms with E-state index in [1.54, 1.807) is 33.0 Å². The first kappa shape index (κ1) is 29.7. The van der Waals surface area contributed by atoms with Gasteiger partial charge in [0.15, 0.2) is 12.7 Å². The van der Waals surface area contributed by atoms with Gasteiger partial charge < -0.3 is 20.1 Å². The number of aryl methyl sites for hydroxylation is 2. The molecule has 2 N–H and O–H groups in total. The lowest BCUT2D eigenvalue weighted by Crippen LogP contribution is -2.58. The Labute approximate surface area is 251 Å². The number of benzene rings is 2. The lowest BCUT2D eigenvalue weighted by molar-refractivity contribution is -0.129. The molecule has 2 amide bonds. The van der Waals surface area contributed by atoms with Gasteiger partial charge in [0.05, 0.1) is 28.5 Å². The average molecular weight is 639 g/mol. The van der Waals surface area contributed by atoms with E-state index in [2.05, 4.69) is 15.7 Å². The molecule has 3 aromatic rings. The van der Waals surface area contributed by atoms with E-state index < -0.39 is 39.3 Å². The van der Waals surface area contributed by atoms with Crippen LogP contribution in [0.1, 0.15) is 19.0 Å². The normalized spacial score (nSPS) is 19.6. The van der Waals surface area contributed by atoms with Crippen LogP contribution in [0.5, 0.6) is 11.5 Å². The van der Waals surface area contributed by atoms with Crippen molar-refractivity contribution in [3.8, 4) is 11.5 Å². The van der Waals surface area contributed by atoms with Gasteiger partial charge in [-0.2, -0.15) is 5.10 Å². The summed E-state index contributed by atoms with van der Waals surface area (Å²) in [5.41, 5.74) is 0.237. The zero-order valence-corrected chi connectivity index (χ0v) is 25.0. The van der Waals surface area contributed by atoms with Crippen LogP contribution >= 0.6 is 23.2 Å². The van der Waals surface area contributed by atoms with E-state index in [-0.39, 0.29) is 46.7 Å². The number of sulfonamides is 1. The number of hydrogen-bond donors (Lipinski definition) is 2. The first-order valence-corrected chi connectivity index (χ1v) is 14.8. The lowest BCUT2D eigenvalue weighted by atomic mass is 9.84. The summed E-state index contributed by atoms with van der Waals surface area (Å²) in [6.07, 6.45) is 2.17. The predicted octanol–water partition coefficient (Wildman–Crippen LogP) is 3.49. The topological polar surface area (TPSA) is 132 Å². The molecule has 2 aromatic carbocycles. The Hall–Kier alpha value is -3.81. The minimum atomic E-state index is -4.12. The van der Waals surface area contributed by atoms with Gasteiger partial charge in [0.2, 0.25) is 0 Å². The number of hydrogen-bond acceptors (Lipinski definition) is 7. The molecule has 11 nitrogen and oxygen atoms in total. The third kappa shape index (κ3) is 6.03. The molecule has 1 aliphatic heterocycles. The van der Waals surface area contributed by atoms with Crippen LogP contribution in [0, 0.1) is 12.7 Å². The fraction of sp³-hybridized carbons (Fsp3) is 0.296. The molecule has 5 rings (SSSR count). The number of ether oxygens (including phenoxy) is 2. The molecule has 2 unspecified atom stereocenters. The fourth-order valence-corrected chi connectivity index (χ4v) is 6.70. The van der Waals surface area contributed by atoms with Crippen LogP contribution in [0.4, 0.5) is 10.1 Å². The SMILES string of the molecule is Cc1nn(C)cc1S(=O)(=O)N1CC(C(=O)NC2(C)C=C(NC(=O)COc3ccc(Cl)c(F)c3)C2)Oc2ccc(Cl)cc21. The monoisotopic (exact) mass is 637 g/mol. The van der Waals surface area contributed by atoms with Gasteiger partial charge in [-0.05, 0) is 50.3 Å². The molecule has 0 radical (unpaired) electrons. The second kappa shape index (κ2) is 11.1. The summed E-state index contributed by atoms with van der Waals surface area (Å²) in [7, 11) is -2.51. The number of amides is 2. The van der Waals surface area contributed by atoms with Crippen LogP contribution < -0.4 is 24.4 Å². The minimum Gasteiger partial charge on any atom is -0.484 e. The van der Waals surface area contributed by atoms with Gasteiger partial charge in [0, 0.05) is 36.5 Å². The summed E-state index contributed by atoms with van der Waals surface area (Å²) in [5, 5.41) is 9.92. The van der Waals surface area contributed by atoms with Crippen molar-refractivity contribution in [3.63, 3.8) is 0 Å². The molecule has 0 saturated heterocycles. The van der Waals surface area contributed by atoms with Crippen LogP contribution in [-0.4, -0.2) is 54.8 Å². The molecule has 15 heteroatoms. The highest BCUT2D eigenvalue weighted by Crippen LogP contribution is 2.39. The van der Waals surface area contributed by atoms with Crippen molar-refractivity contribution in [2.45, 2.75) is 36.8 Å². The molecule has 2 heterocycles. The number of halogens is 3. The van der Waals surface area contributed by atoms with Crippen molar-refractivity contribution in [1.82, 2.24) is 20.4 Å². The van der Waals surface area contributed by atoms with Crippen molar-refractivity contribution in [2.24, 2.45) is 7.05 Å². The molecule has 1 aliphatic carbocycles. The van der Waals surface area contributed by atoms with Crippen molar-refractivity contribution in [1.29, 1.82) is 0 Å². The minimum absolute atomic E-state index is 0.00330. The van der Waals surface area contributed by atoms with E-state index >= 15 is 0 Å². The van der Waals surface area contributed by atoms with Crippen LogP contribution in [0.25, 0.3) is 0 Å². The summed E-state index contributed by atoms with van der Waals surface area (Å²) in [6.45, 7) is 2.67. The van der Waals surface area contributed by atoms with E-state index in [0.717, 1.165) is 10.4 Å². The summed E-state index contributed by atoms with van der Waals surface area (Å²) < 4.78 is 54.6. The predicted molar refractivity (Wildman–Crippen MR) is 153 cm³/mol. The Kier molecular flexibility index (Phi) is 7.86. The summed E-state index contributed by atoms with van der Waals surface area (Å²) >= 11 is 11.8. The van der Waals surface area contributed by atoms with Gasteiger partial charge in [0.25, 0.3) is 21.8 Å². The van der Waals surface area contributed by atoms with Crippen molar-refractivity contribution in [2.75, 3.05) is 17.5 Å². The van der Waals surface area contributed by atoms with E-state index in [1.807, 2.05) is 0 Å². The van der Waals surface area contributed by atoms with E-state index in [9.17, 15) is 22.4 Å². The maximum atomic E-state index is 13.7. The van der Waals surface area contributed by atoms with E-state index in [1.165, 1.54) is 35.1 Å². The molecule has 1 aromatic heterocycles. The standard InChI is InChI=1S/C27H26Cl2FN5O6S/c1-15-24(13-34(3)33-15)42(38,39)35-12-23(41-22-7-4-16(28)8-21(22)35)26(37)32-27(2)10-17(11-27)31-25(36)14-40-18-5-6-19(29)20(30)9-18/h4-10,13,23H,11-12,14H2,1-3H3,(H,31,36)(H,32,37). The smallest absolute Gasteiger partial charge is 0.267 e. The summed E-state index contributed by atoms with van der Waals surface area (Å²) in [6, 6.07) is 8.36. The van der Waals surface area contributed by atoms with Gasteiger partial charge in [-0.15, -0.1) is 0 Å². The Bertz CT molecular complexity index is 1730. The number of carbonyl (C=O) groups is 2. The largest absolute Gasteiger partial charge is 0.484 e. The number of nitrogens with zero attached hydrogens (tertiary/aromatic N) is 3. The molecule has 222 valence electrons. The number of fused-ring (bicyclic) bond motifs is 1. The Morgan fingerprint density at radius 2 is 1.98 bits per heavy atom. The summed E-state index contributed by atoms with van der Waals surface area (Å²) in [5.74, 6) is -1.35. The van der Waals surface area contributed by atoms with Crippen molar-refractivity contribution in [3.05, 3.63) is 75.9 Å². The van der Waals surface area contributed by atoms with Crippen LogP contribution in [0.2, 0.25) is 10.0 Å². The summed E-state index contributed by atoms with van der Waals surface area (Å²) in [4.78, 5) is 25.6. The van der Waals surface area contributed by atoms with E-state index in [0.29, 0.717) is 16.4 Å². The van der Waals surface area contributed by atoms with Gasteiger partial charge >= 0.3 is 0 Å². The second-order valence-electron chi connectivity index (χ2n) is 10.2. The maximum absolute atomic E-state index is 13.7. The molecule has 0 fully saturated rings. The highest BCUT2D eigenvalue weighted by molar-refractivity contribution is 7.92. The van der Waals surface area contributed by atoms with Gasteiger partial charge in [0.1, 0.15) is 22.2 Å². The zero-order chi connectivity index (χ0) is 30.4. The number of carbonyl (C=O) groups excluding carboxylic acids is 2. The third-order valence-corrected chi connectivity index (χ3v) is 9.06. The fourth-order valence-electron chi connectivity index (χ4n) is 4.74. The van der Waals surface area contributed by atoms with Gasteiger partial charge in [-0.1, -0.05) is 23.2 Å². The molecular weight excluding hydrogens is 612 g/mol. The maximum Gasteiger partial charge on any atom is 0.267 e. The van der Waals surface area contributed by atoms with Crippen LogP contribution in [-0.2, 0) is 26.7 Å². The Morgan fingerprint density at radius 3 is 2.64 bits per heavy atom. The molecule has 0 saturated carbocycles. The first-order chi connectivity index (χ1) is 19.7.